The van der Waals surface area contributed by atoms with Crippen LogP contribution in [-0.2, 0) is 9.59 Å². The van der Waals surface area contributed by atoms with Gasteiger partial charge in [-0.1, -0.05) is 0 Å². The van der Waals surface area contributed by atoms with Gasteiger partial charge in [-0.25, -0.2) is 9.59 Å². The normalized spacial score (nSPS) is 13.1. The summed E-state index contributed by atoms with van der Waals surface area (Å²) in [6.45, 7) is 0. The van der Waals surface area contributed by atoms with E-state index in [1.807, 2.05) is 0 Å². The SMILES string of the molecule is [2H]Nc1nc(Cl)nc(OC(=O)C(O)C(O)C(=O)Oc2nc(Cl)nc(NC)n2)n1. The smallest absolute Gasteiger partial charge is 0.346 e. The monoisotopic (exact) mass is 421 g/mol. The van der Waals surface area contributed by atoms with Crippen molar-refractivity contribution in [1.29, 1.82) is 0 Å². The molecule has 0 radical (unpaired) electrons. The van der Waals surface area contributed by atoms with Crippen molar-refractivity contribution >= 4 is 47.0 Å². The molecule has 14 nitrogen and oxygen atoms in total. The van der Waals surface area contributed by atoms with Crippen molar-refractivity contribution in [1.82, 2.24) is 29.9 Å². The van der Waals surface area contributed by atoms with Crippen molar-refractivity contribution in [2.24, 2.45) is 0 Å². The second-order valence-electron chi connectivity index (χ2n) is 4.40. The molecule has 27 heavy (non-hydrogen) atoms. The van der Waals surface area contributed by atoms with E-state index in [-0.39, 0.29) is 17.2 Å². The second kappa shape index (κ2) is 8.63. The Kier molecular flexibility index (Phi) is 6.02. The van der Waals surface area contributed by atoms with Crippen molar-refractivity contribution in [3.05, 3.63) is 10.6 Å². The molecule has 2 aromatic rings. The Morgan fingerprint density at radius 1 is 1.00 bits per heavy atom. The fourth-order valence-electron chi connectivity index (χ4n) is 1.43. The molecule has 0 aliphatic heterocycles. The Balaban J connectivity index is 2.05. The zero-order chi connectivity index (χ0) is 20.8. The summed E-state index contributed by atoms with van der Waals surface area (Å²) in [4.78, 5) is 44.9. The van der Waals surface area contributed by atoms with Crippen LogP contribution in [0.4, 0.5) is 11.9 Å². The number of aliphatic hydroxyl groups is 2. The minimum Gasteiger partial charge on any atom is -0.389 e. The highest BCUT2D eigenvalue weighted by atomic mass is 35.5. The number of carbonyl (C=O) groups excluding carboxylic acids is 2. The molecule has 2 rings (SSSR count). The number of aliphatic hydroxyl groups excluding tert-OH is 2. The van der Waals surface area contributed by atoms with Gasteiger partial charge < -0.3 is 30.7 Å². The molecule has 0 fully saturated rings. The van der Waals surface area contributed by atoms with Crippen LogP contribution in [0, 0.1) is 0 Å². The Bertz CT molecular complexity index is 821. The third-order valence-electron chi connectivity index (χ3n) is 2.56. The summed E-state index contributed by atoms with van der Waals surface area (Å²) in [6.07, 6.45) is -4.77. The van der Waals surface area contributed by atoms with Gasteiger partial charge in [0.15, 0.2) is 13.6 Å². The quantitative estimate of drug-likeness (QED) is 0.364. The number of ether oxygens (including phenoxy) is 2. The number of halogens is 2. The minimum atomic E-state index is -2.39. The predicted molar refractivity (Wildman–Crippen MR) is 86.9 cm³/mol. The van der Waals surface area contributed by atoms with Crippen LogP contribution in [0.3, 0.4) is 0 Å². The number of nitrogens with one attached hydrogen (secondary N) is 1. The van der Waals surface area contributed by atoms with Gasteiger partial charge in [-0.05, 0) is 23.2 Å². The highest BCUT2D eigenvalue weighted by Gasteiger charge is 2.34. The van der Waals surface area contributed by atoms with E-state index in [2.05, 4.69) is 44.7 Å². The molecule has 0 amide bonds. The number of anilines is 2. The summed E-state index contributed by atoms with van der Waals surface area (Å²) in [5.41, 5.74) is 1.78. The first-order valence-corrected chi connectivity index (χ1v) is 7.47. The molecule has 0 aliphatic carbocycles. The van der Waals surface area contributed by atoms with E-state index in [0.29, 0.717) is 0 Å². The van der Waals surface area contributed by atoms with Crippen molar-refractivity contribution in [3.8, 4) is 12.0 Å². The molecule has 2 aromatic heterocycles. The van der Waals surface area contributed by atoms with Crippen LogP contribution in [0.15, 0.2) is 0 Å². The molecule has 5 N–H and O–H groups in total. The van der Waals surface area contributed by atoms with E-state index in [9.17, 15) is 19.8 Å². The van der Waals surface area contributed by atoms with Gasteiger partial charge in [0.05, 0.1) is 0 Å². The van der Waals surface area contributed by atoms with Crippen molar-refractivity contribution in [2.75, 3.05) is 18.1 Å². The number of nitrogens with two attached hydrogens (primary N) is 1. The zero-order valence-electron chi connectivity index (χ0n) is 14.1. The van der Waals surface area contributed by atoms with Gasteiger partial charge in [0, 0.05) is 7.05 Å². The summed E-state index contributed by atoms with van der Waals surface area (Å²) >= 11 is 11.1. The lowest BCUT2D eigenvalue weighted by Crippen LogP contribution is -2.44. The first-order chi connectivity index (χ1) is 13.2. The molecule has 2 heterocycles. The number of carbonyl (C=O) groups is 2. The number of aromatic nitrogens is 6. The van der Waals surface area contributed by atoms with Crippen LogP contribution < -0.4 is 20.5 Å². The summed E-state index contributed by atoms with van der Waals surface area (Å²) in [7, 11) is 1.46. The highest BCUT2D eigenvalue weighted by Crippen LogP contribution is 2.13. The maximum Gasteiger partial charge on any atom is 0.346 e. The van der Waals surface area contributed by atoms with E-state index in [1.54, 1.807) is 5.73 Å². The second-order valence-corrected chi connectivity index (χ2v) is 5.08. The predicted octanol–water partition coefficient (Wildman–Crippen LogP) is -1.78. The van der Waals surface area contributed by atoms with Crippen LogP contribution in [-0.4, -0.2) is 71.3 Å². The fourth-order valence-corrected chi connectivity index (χ4v) is 1.73. The third-order valence-corrected chi connectivity index (χ3v) is 2.90. The minimum absolute atomic E-state index is 0.0391. The maximum absolute atomic E-state index is 11.9. The molecular weight excluding hydrogens is 411 g/mol. The standard InChI is InChI=1S/C11H10Cl2N8O6/c1-15-9-17-7(13)19-11(21-9)27-5(25)3(23)2(22)4(24)26-10-18-6(12)16-8(14)20-10/h2-3,22-23H,1H3,(H2,14,16,18,20)(H,15,17,19,21)/i/hD. The van der Waals surface area contributed by atoms with Crippen LogP contribution in [0.5, 0.6) is 12.0 Å². The topological polar surface area (TPSA) is 208 Å². The summed E-state index contributed by atoms with van der Waals surface area (Å²) in [6, 6.07) is -1.29. The van der Waals surface area contributed by atoms with Crippen LogP contribution in [0.2, 0.25) is 12.0 Å². The Morgan fingerprint density at radius 3 is 2.04 bits per heavy atom. The number of rotatable bonds is 7. The third kappa shape index (κ3) is 5.52. The molecule has 144 valence electrons. The highest BCUT2D eigenvalue weighted by molar-refractivity contribution is 6.28. The molecular formula is C11H10Cl2N8O6. The molecule has 0 spiro atoms. The molecule has 0 aromatic carbocycles. The van der Waals surface area contributed by atoms with Gasteiger partial charge in [-0.2, -0.15) is 29.9 Å². The fraction of sp³-hybridized carbons (Fsp3) is 0.273. The van der Waals surface area contributed by atoms with Gasteiger partial charge in [0.2, 0.25) is 22.5 Å². The van der Waals surface area contributed by atoms with Crippen LogP contribution in [0.1, 0.15) is 0 Å². The number of esters is 2. The largest absolute Gasteiger partial charge is 0.389 e. The lowest BCUT2D eigenvalue weighted by atomic mass is 10.2. The van der Waals surface area contributed by atoms with Crippen molar-refractivity contribution in [3.63, 3.8) is 0 Å². The summed E-state index contributed by atoms with van der Waals surface area (Å²) in [5.74, 6) is -3.41. The first kappa shape index (κ1) is 18.8. The number of hydrogen-bond acceptors (Lipinski definition) is 14. The van der Waals surface area contributed by atoms with Crippen molar-refractivity contribution < 1.29 is 30.7 Å². The van der Waals surface area contributed by atoms with Crippen LogP contribution in [0.25, 0.3) is 0 Å². The Morgan fingerprint density at radius 2 is 1.52 bits per heavy atom. The summed E-state index contributed by atoms with van der Waals surface area (Å²) < 4.78 is 16.1. The van der Waals surface area contributed by atoms with E-state index < -0.39 is 41.5 Å². The van der Waals surface area contributed by atoms with E-state index in [4.69, 9.17) is 24.6 Å². The number of hydrogen-bond donors (Lipinski definition) is 4. The molecule has 0 saturated heterocycles. The van der Waals surface area contributed by atoms with Gasteiger partial charge in [-0.3, -0.25) is 0 Å². The molecule has 2 atom stereocenters. The molecule has 0 bridgehead atoms. The van der Waals surface area contributed by atoms with Gasteiger partial charge in [0.1, 0.15) is 0 Å². The van der Waals surface area contributed by atoms with Crippen LogP contribution >= 0.6 is 23.2 Å². The van der Waals surface area contributed by atoms with E-state index in [0.717, 1.165) is 0 Å². The molecule has 0 saturated carbocycles. The van der Waals surface area contributed by atoms with E-state index in [1.165, 1.54) is 7.05 Å². The zero-order valence-corrected chi connectivity index (χ0v) is 14.6. The first-order valence-electron chi connectivity index (χ1n) is 7.21. The Hall–Kier alpha value is -2.94. The van der Waals surface area contributed by atoms with E-state index >= 15 is 0 Å². The number of nitrogen functional groups attached to an aromatic ring is 1. The number of nitrogens with zero attached hydrogens (tertiary/aromatic N) is 6. The van der Waals surface area contributed by atoms with Gasteiger partial charge in [0.25, 0.3) is 0 Å². The average Bonchev–Trinajstić information content (AvgIpc) is 2.65. The summed E-state index contributed by atoms with van der Waals surface area (Å²) in [5, 5.41) is 21.3. The molecule has 16 heteroatoms. The van der Waals surface area contributed by atoms with Gasteiger partial charge >= 0.3 is 24.0 Å². The lowest BCUT2D eigenvalue weighted by molar-refractivity contribution is -0.163. The maximum atomic E-state index is 11.9. The Labute approximate surface area is 161 Å². The van der Waals surface area contributed by atoms with Gasteiger partial charge in [-0.15, -0.1) is 0 Å². The van der Waals surface area contributed by atoms with Crippen molar-refractivity contribution in [2.45, 2.75) is 12.2 Å². The molecule has 2 unspecified atom stereocenters. The molecule has 0 aliphatic rings. The lowest BCUT2D eigenvalue weighted by Gasteiger charge is -2.14. The average molecular weight is 422 g/mol.